The van der Waals surface area contributed by atoms with Crippen LogP contribution in [0.2, 0.25) is 0 Å². The van der Waals surface area contributed by atoms with Gasteiger partial charge in [0, 0.05) is 6.04 Å². The minimum absolute atomic E-state index is 0.250. The number of hydrogen-bond acceptors (Lipinski definition) is 2. The van der Waals surface area contributed by atoms with Gasteiger partial charge in [-0.2, -0.15) is 0 Å². The molecule has 0 aromatic rings. The molecule has 0 spiro atoms. The second-order valence-corrected chi connectivity index (χ2v) is 3.41. The van der Waals surface area contributed by atoms with Crippen molar-refractivity contribution in [3.8, 4) is 0 Å². The molecule has 2 heteroatoms. The average molecular weight is 173 g/mol. The lowest BCUT2D eigenvalue weighted by Gasteiger charge is -2.30. The van der Waals surface area contributed by atoms with Crippen LogP contribution in [0.4, 0.5) is 0 Å². The molecule has 0 aromatic heterocycles. The minimum Gasteiger partial charge on any atom is -0.378 e. The fourth-order valence-corrected chi connectivity index (χ4v) is 1.57. The maximum atomic E-state index is 9.68. The van der Waals surface area contributed by atoms with Crippen molar-refractivity contribution in [2.75, 3.05) is 7.05 Å². The van der Waals surface area contributed by atoms with Crippen LogP contribution in [0, 0.1) is 0 Å². The van der Waals surface area contributed by atoms with E-state index in [4.69, 9.17) is 0 Å². The summed E-state index contributed by atoms with van der Waals surface area (Å²) in [6.45, 7) is 6.44. The molecule has 2 nitrogen and oxygen atoms in total. The Morgan fingerprint density at radius 3 is 2.00 bits per heavy atom. The minimum atomic E-state index is -0.250. The van der Waals surface area contributed by atoms with Crippen LogP contribution in [0.3, 0.4) is 0 Å². The van der Waals surface area contributed by atoms with E-state index in [1.807, 2.05) is 7.05 Å². The third kappa shape index (κ3) is 3.55. The summed E-state index contributed by atoms with van der Waals surface area (Å²) in [5.41, 5.74) is 0. The molecule has 0 aliphatic rings. The van der Waals surface area contributed by atoms with Crippen LogP contribution in [-0.4, -0.2) is 29.3 Å². The van der Waals surface area contributed by atoms with Gasteiger partial charge in [-0.25, -0.2) is 0 Å². The van der Waals surface area contributed by atoms with Crippen molar-refractivity contribution in [1.82, 2.24) is 4.90 Å². The van der Waals surface area contributed by atoms with Gasteiger partial charge in [0.05, 0.1) is 0 Å². The first-order valence-electron chi connectivity index (χ1n) is 5.07. The molecule has 1 atom stereocenters. The van der Waals surface area contributed by atoms with Crippen molar-refractivity contribution in [3.63, 3.8) is 0 Å². The van der Waals surface area contributed by atoms with Crippen molar-refractivity contribution in [1.29, 1.82) is 0 Å². The molecular formula is C10H23NO. The highest BCUT2D eigenvalue weighted by Crippen LogP contribution is 2.11. The van der Waals surface area contributed by atoms with E-state index in [1.165, 1.54) is 0 Å². The molecule has 74 valence electrons. The van der Waals surface area contributed by atoms with Crippen LogP contribution < -0.4 is 0 Å². The van der Waals surface area contributed by atoms with E-state index in [9.17, 15) is 5.11 Å². The highest BCUT2D eigenvalue weighted by Gasteiger charge is 2.16. The second kappa shape index (κ2) is 6.44. The summed E-state index contributed by atoms with van der Waals surface area (Å²) in [7, 11) is 2.01. The van der Waals surface area contributed by atoms with Crippen LogP contribution in [0.25, 0.3) is 0 Å². The molecule has 1 unspecified atom stereocenters. The van der Waals surface area contributed by atoms with E-state index in [0.717, 1.165) is 25.7 Å². The third-order valence-corrected chi connectivity index (χ3v) is 2.54. The van der Waals surface area contributed by atoms with Gasteiger partial charge in [0.2, 0.25) is 0 Å². The topological polar surface area (TPSA) is 23.5 Å². The predicted molar refractivity (Wildman–Crippen MR) is 53.0 cm³/mol. The third-order valence-electron chi connectivity index (χ3n) is 2.54. The number of aliphatic hydroxyl groups excluding tert-OH is 1. The molecule has 0 saturated heterocycles. The standard InChI is InChI=1S/C10H23NO/c1-5-8-10(12)11(4)9(6-2)7-3/h9-10,12H,5-8H2,1-4H3. The van der Waals surface area contributed by atoms with Crippen molar-refractivity contribution in [2.45, 2.75) is 58.7 Å². The summed E-state index contributed by atoms with van der Waals surface area (Å²) in [6.07, 6.45) is 3.92. The molecule has 0 aliphatic heterocycles. The Balaban J connectivity index is 3.87. The van der Waals surface area contributed by atoms with E-state index in [1.54, 1.807) is 0 Å². The van der Waals surface area contributed by atoms with E-state index < -0.39 is 0 Å². The summed E-state index contributed by atoms with van der Waals surface area (Å²) >= 11 is 0. The molecular weight excluding hydrogens is 150 g/mol. The Bertz CT molecular complexity index is 102. The SMILES string of the molecule is CCCC(O)N(C)C(CC)CC. The van der Waals surface area contributed by atoms with E-state index in [0.29, 0.717) is 6.04 Å². The van der Waals surface area contributed by atoms with Gasteiger partial charge in [0.1, 0.15) is 6.23 Å². The van der Waals surface area contributed by atoms with Crippen LogP contribution in [0.15, 0.2) is 0 Å². The zero-order valence-corrected chi connectivity index (χ0v) is 8.88. The lowest BCUT2D eigenvalue weighted by atomic mass is 10.1. The first-order valence-corrected chi connectivity index (χ1v) is 5.07. The molecule has 0 bridgehead atoms. The zero-order valence-electron chi connectivity index (χ0n) is 8.88. The van der Waals surface area contributed by atoms with Crippen molar-refractivity contribution in [2.24, 2.45) is 0 Å². The van der Waals surface area contributed by atoms with Crippen LogP contribution in [0.1, 0.15) is 46.5 Å². The van der Waals surface area contributed by atoms with Crippen LogP contribution in [0.5, 0.6) is 0 Å². The molecule has 12 heavy (non-hydrogen) atoms. The van der Waals surface area contributed by atoms with Gasteiger partial charge in [-0.3, -0.25) is 4.90 Å². The number of hydrogen-bond donors (Lipinski definition) is 1. The summed E-state index contributed by atoms with van der Waals surface area (Å²) < 4.78 is 0. The Labute approximate surface area is 76.6 Å². The van der Waals surface area contributed by atoms with Crippen LogP contribution >= 0.6 is 0 Å². The Kier molecular flexibility index (Phi) is 6.39. The van der Waals surface area contributed by atoms with Gasteiger partial charge in [-0.05, 0) is 26.3 Å². The Morgan fingerprint density at radius 2 is 1.67 bits per heavy atom. The maximum Gasteiger partial charge on any atom is 0.107 e. The Morgan fingerprint density at radius 1 is 1.17 bits per heavy atom. The zero-order chi connectivity index (χ0) is 9.56. The van der Waals surface area contributed by atoms with Gasteiger partial charge < -0.3 is 5.11 Å². The largest absolute Gasteiger partial charge is 0.378 e. The molecule has 1 N–H and O–H groups in total. The van der Waals surface area contributed by atoms with Crippen molar-refractivity contribution in [3.05, 3.63) is 0 Å². The van der Waals surface area contributed by atoms with Gasteiger partial charge in [-0.1, -0.05) is 27.2 Å². The molecule has 0 rings (SSSR count). The van der Waals surface area contributed by atoms with Gasteiger partial charge in [0.25, 0.3) is 0 Å². The molecule has 0 radical (unpaired) electrons. The normalized spacial score (nSPS) is 14.2. The maximum absolute atomic E-state index is 9.68. The fourth-order valence-electron chi connectivity index (χ4n) is 1.57. The molecule has 0 amide bonds. The summed E-state index contributed by atoms with van der Waals surface area (Å²) in [5, 5.41) is 9.68. The first kappa shape index (κ1) is 11.9. The monoisotopic (exact) mass is 173 g/mol. The summed E-state index contributed by atoms with van der Waals surface area (Å²) in [5.74, 6) is 0. The Hall–Kier alpha value is -0.0800. The number of aliphatic hydroxyl groups is 1. The lowest BCUT2D eigenvalue weighted by Crippen LogP contribution is -2.39. The van der Waals surface area contributed by atoms with Crippen LogP contribution in [-0.2, 0) is 0 Å². The second-order valence-electron chi connectivity index (χ2n) is 3.41. The first-order chi connectivity index (χ1) is 5.67. The summed E-state index contributed by atoms with van der Waals surface area (Å²) in [6, 6.07) is 0.534. The smallest absolute Gasteiger partial charge is 0.107 e. The summed E-state index contributed by atoms with van der Waals surface area (Å²) in [4.78, 5) is 2.09. The lowest BCUT2D eigenvalue weighted by molar-refractivity contribution is -0.0141. The van der Waals surface area contributed by atoms with Gasteiger partial charge >= 0.3 is 0 Å². The predicted octanol–water partition coefficient (Wildman–Crippen LogP) is 2.23. The molecule has 0 aromatic carbocycles. The average Bonchev–Trinajstić information content (AvgIpc) is 2.07. The van der Waals surface area contributed by atoms with Crippen molar-refractivity contribution >= 4 is 0 Å². The number of rotatable bonds is 6. The highest BCUT2D eigenvalue weighted by atomic mass is 16.3. The fraction of sp³-hybridized carbons (Fsp3) is 1.00. The van der Waals surface area contributed by atoms with E-state index >= 15 is 0 Å². The van der Waals surface area contributed by atoms with Gasteiger partial charge in [-0.15, -0.1) is 0 Å². The van der Waals surface area contributed by atoms with E-state index in [2.05, 4.69) is 25.7 Å². The number of nitrogens with zero attached hydrogens (tertiary/aromatic N) is 1. The van der Waals surface area contributed by atoms with E-state index in [-0.39, 0.29) is 6.23 Å². The molecule has 0 heterocycles. The molecule has 0 saturated carbocycles. The van der Waals surface area contributed by atoms with Crippen molar-refractivity contribution < 1.29 is 5.11 Å². The molecule has 0 aliphatic carbocycles. The quantitative estimate of drug-likeness (QED) is 0.623. The van der Waals surface area contributed by atoms with Gasteiger partial charge in [0.15, 0.2) is 0 Å². The molecule has 0 fully saturated rings. The highest BCUT2D eigenvalue weighted by molar-refractivity contribution is 4.67.